The molecule has 1 atom stereocenters. The van der Waals surface area contributed by atoms with E-state index < -0.39 is 0 Å². The van der Waals surface area contributed by atoms with Gasteiger partial charge in [0.1, 0.15) is 0 Å². The SMILES string of the molecule is CCC(CN)Cn1[c-]c(C)[c-]c1C.[W].[Y]. The van der Waals surface area contributed by atoms with E-state index in [2.05, 4.69) is 30.7 Å². The van der Waals surface area contributed by atoms with Crippen molar-refractivity contribution in [1.29, 1.82) is 0 Å². The number of aryl methyl sites for hydroxylation is 2. The molecule has 0 aliphatic carbocycles. The third-order valence-electron chi connectivity index (χ3n) is 2.43. The van der Waals surface area contributed by atoms with E-state index in [1.165, 1.54) is 0 Å². The van der Waals surface area contributed by atoms with Crippen molar-refractivity contribution in [3.63, 3.8) is 0 Å². The van der Waals surface area contributed by atoms with Gasteiger partial charge in [0.05, 0.1) is 0 Å². The van der Waals surface area contributed by atoms with Crippen molar-refractivity contribution in [2.24, 2.45) is 11.7 Å². The number of hydrogen-bond acceptors (Lipinski definition) is 1. The number of nitrogens with two attached hydrogens (primary N) is 1. The molecular formula is C11H18N2WY-2. The standard InChI is InChI=1S/C11H18N2.W.Y/c1-4-11(6-12)8-13-7-9(2)5-10(13)3;;/h11H,4,6,8,12H2,1-3H3;;/q-2;;. The molecule has 1 heterocycles. The van der Waals surface area contributed by atoms with Crippen molar-refractivity contribution in [1.82, 2.24) is 4.57 Å². The van der Waals surface area contributed by atoms with Crippen LogP contribution >= 0.6 is 0 Å². The smallest absolute Gasteiger partial charge is 0 e. The van der Waals surface area contributed by atoms with Crippen LogP contribution in [0.5, 0.6) is 0 Å². The molecule has 1 rings (SSSR count). The summed E-state index contributed by atoms with van der Waals surface area (Å²) in [7, 11) is 0. The average Bonchev–Trinajstić information content (AvgIpc) is 2.41. The molecule has 0 amide bonds. The van der Waals surface area contributed by atoms with Gasteiger partial charge in [0, 0.05) is 53.8 Å². The molecule has 0 bridgehead atoms. The van der Waals surface area contributed by atoms with Gasteiger partial charge in [-0.3, -0.25) is 6.20 Å². The van der Waals surface area contributed by atoms with Gasteiger partial charge in [0.2, 0.25) is 0 Å². The van der Waals surface area contributed by atoms with Crippen LogP contribution in [0.3, 0.4) is 0 Å². The number of hydrogen-bond donors (Lipinski definition) is 1. The van der Waals surface area contributed by atoms with Gasteiger partial charge >= 0.3 is 0 Å². The van der Waals surface area contributed by atoms with Crippen LogP contribution < -0.4 is 5.73 Å². The molecule has 0 aromatic carbocycles. The molecule has 2 nitrogen and oxygen atoms in total. The summed E-state index contributed by atoms with van der Waals surface area (Å²) in [6.45, 7) is 7.98. The van der Waals surface area contributed by atoms with Gasteiger partial charge < -0.3 is 27.6 Å². The van der Waals surface area contributed by atoms with Crippen LogP contribution in [-0.2, 0) is 60.3 Å². The van der Waals surface area contributed by atoms with Crippen LogP contribution in [-0.4, -0.2) is 11.1 Å². The number of rotatable bonds is 4. The first kappa shape index (κ1) is 18.4. The Balaban J connectivity index is 0. The van der Waals surface area contributed by atoms with E-state index in [1.54, 1.807) is 0 Å². The molecule has 1 aromatic heterocycles. The first-order valence-electron chi connectivity index (χ1n) is 4.85. The van der Waals surface area contributed by atoms with Crippen molar-refractivity contribution in [2.45, 2.75) is 33.7 Å². The van der Waals surface area contributed by atoms with E-state index in [1.807, 2.05) is 6.92 Å². The van der Waals surface area contributed by atoms with E-state index in [-0.39, 0.29) is 53.8 Å². The maximum absolute atomic E-state index is 5.65. The van der Waals surface area contributed by atoms with Gasteiger partial charge in [-0.05, 0) is 19.0 Å². The molecule has 0 aliphatic rings. The Bertz CT molecular complexity index is 270. The molecule has 0 saturated carbocycles. The molecular weight excluding hydrogens is 433 g/mol. The van der Waals surface area contributed by atoms with Crippen LogP contribution in [0.4, 0.5) is 0 Å². The Morgan fingerprint density at radius 2 is 2.00 bits per heavy atom. The van der Waals surface area contributed by atoms with Crippen molar-refractivity contribution in [3.05, 3.63) is 23.5 Å². The minimum absolute atomic E-state index is 0. The van der Waals surface area contributed by atoms with Crippen molar-refractivity contribution >= 4 is 0 Å². The zero-order valence-corrected chi connectivity index (χ0v) is 15.5. The van der Waals surface area contributed by atoms with E-state index in [0.717, 1.165) is 30.8 Å². The fourth-order valence-electron chi connectivity index (χ4n) is 1.46. The summed E-state index contributed by atoms with van der Waals surface area (Å²) in [5.41, 5.74) is 7.89. The van der Waals surface area contributed by atoms with Gasteiger partial charge in [0.15, 0.2) is 0 Å². The molecule has 15 heavy (non-hydrogen) atoms. The van der Waals surface area contributed by atoms with Crippen LogP contribution in [0.15, 0.2) is 0 Å². The molecule has 2 N–H and O–H groups in total. The Hall–Kier alpha value is 1.03. The molecule has 0 saturated heterocycles. The first-order chi connectivity index (χ1) is 6.17. The predicted molar refractivity (Wildman–Crippen MR) is 54.4 cm³/mol. The monoisotopic (exact) mass is 451 g/mol. The van der Waals surface area contributed by atoms with E-state index in [4.69, 9.17) is 5.73 Å². The summed E-state index contributed by atoms with van der Waals surface area (Å²) < 4.78 is 2.12. The quantitative estimate of drug-likeness (QED) is 0.695. The van der Waals surface area contributed by atoms with E-state index in [0.29, 0.717) is 5.92 Å². The topological polar surface area (TPSA) is 30.9 Å². The molecule has 83 valence electrons. The Labute approximate surface area is 133 Å². The van der Waals surface area contributed by atoms with Crippen LogP contribution in [0.25, 0.3) is 0 Å². The van der Waals surface area contributed by atoms with Gasteiger partial charge in [-0.2, -0.15) is 0 Å². The molecule has 0 aliphatic heterocycles. The molecule has 1 unspecified atom stereocenters. The van der Waals surface area contributed by atoms with Gasteiger partial charge in [0.25, 0.3) is 0 Å². The zero-order valence-electron chi connectivity index (χ0n) is 9.71. The van der Waals surface area contributed by atoms with Crippen molar-refractivity contribution < 1.29 is 53.8 Å². The number of aromatic nitrogens is 1. The van der Waals surface area contributed by atoms with Gasteiger partial charge in [-0.25, -0.2) is 0 Å². The fraction of sp³-hybridized carbons (Fsp3) is 0.636. The molecule has 4 heteroatoms. The van der Waals surface area contributed by atoms with Crippen LogP contribution in [0, 0.1) is 32.0 Å². The average molecular weight is 451 g/mol. The fourth-order valence-corrected chi connectivity index (χ4v) is 1.46. The van der Waals surface area contributed by atoms with E-state index in [9.17, 15) is 0 Å². The maximum Gasteiger partial charge on any atom is 0 e. The summed E-state index contributed by atoms with van der Waals surface area (Å²) in [5.74, 6) is 0.565. The maximum atomic E-state index is 5.65. The Morgan fingerprint density at radius 3 is 2.33 bits per heavy atom. The normalized spacial score (nSPS) is 11.5. The Kier molecular flexibility index (Phi) is 11.2. The van der Waals surface area contributed by atoms with E-state index >= 15 is 0 Å². The summed E-state index contributed by atoms with van der Waals surface area (Å²) >= 11 is 0. The summed E-state index contributed by atoms with van der Waals surface area (Å²) in [6.07, 6.45) is 4.37. The van der Waals surface area contributed by atoms with Crippen LogP contribution in [0.1, 0.15) is 24.6 Å². The zero-order chi connectivity index (χ0) is 9.84. The summed E-state index contributed by atoms with van der Waals surface area (Å²) in [5, 5.41) is 0. The number of nitrogens with zero attached hydrogens (tertiary/aromatic N) is 1. The first-order valence-corrected chi connectivity index (χ1v) is 4.85. The van der Waals surface area contributed by atoms with Crippen LogP contribution in [0.2, 0.25) is 0 Å². The minimum Gasteiger partial charge on any atom is -0.592 e. The second-order valence-corrected chi connectivity index (χ2v) is 3.57. The molecule has 1 aromatic rings. The predicted octanol–water partition coefficient (Wildman–Crippen LogP) is 1.69. The second-order valence-electron chi connectivity index (χ2n) is 3.57. The Morgan fingerprint density at radius 1 is 1.40 bits per heavy atom. The third kappa shape index (κ3) is 5.77. The second kappa shape index (κ2) is 9.10. The summed E-state index contributed by atoms with van der Waals surface area (Å²) in [6, 6.07) is 3.23. The minimum atomic E-state index is 0. The molecule has 1 radical (unpaired) electrons. The van der Waals surface area contributed by atoms with Gasteiger partial charge in [-0.15, -0.1) is 6.92 Å². The third-order valence-corrected chi connectivity index (χ3v) is 2.43. The molecule has 0 fully saturated rings. The van der Waals surface area contributed by atoms with Gasteiger partial charge in [-0.1, -0.05) is 20.3 Å². The largest absolute Gasteiger partial charge is 0.592 e. The van der Waals surface area contributed by atoms with Crippen molar-refractivity contribution in [3.8, 4) is 0 Å². The molecule has 0 spiro atoms. The summed E-state index contributed by atoms with van der Waals surface area (Å²) in [4.78, 5) is 0. The van der Waals surface area contributed by atoms with Crippen molar-refractivity contribution in [2.75, 3.05) is 6.54 Å².